The van der Waals surface area contributed by atoms with Gasteiger partial charge in [-0.3, -0.25) is 9.69 Å². The summed E-state index contributed by atoms with van der Waals surface area (Å²) in [6.45, 7) is 5.47. The number of hydrogen-bond donors (Lipinski definition) is 1. The molecule has 1 saturated heterocycles. The molecule has 1 saturated carbocycles. The SMILES string of the molecule is Cl.Cl.NCCN1CCN(C(=O)C2CCCCC2)CC1. The van der Waals surface area contributed by atoms with E-state index in [1.807, 2.05) is 0 Å². The highest BCUT2D eigenvalue weighted by molar-refractivity contribution is 5.85. The summed E-state index contributed by atoms with van der Waals surface area (Å²) in [5.74, 6) is 0.738. The zero-order chi connectivity index (χ0) is 12.1. The number of carbonyl (C=O) groups excluding carboxylic acids is 1. The van der Waals surface area contributed by atoms with Gasteiger partial charge in [0.15, 0.2) is 0 Å². The molecule has 6 heteroatoms. The molecule has 1 heterocycles. The van der Waals surface area contributed by atoms with Gasteiger partial charge in [-0.25, -0.2) is 0 Å². The van der Waals surface area contributed by atoms with E-state index in [0.717, 1.165) is 52.1 Å². The van der Waals surface area contributed by atoms with Gasteiger partial charge < -0.3 is 10.6 Å². The first-order valence-corrected chi connectivity index (χ1v) is 7.02. The monoisotopic (exact) mass is 311 g/mol. The maximum Gasteiger partial charge on any atom is 0.225 e. The number of carbonyl (C=O) groups is 1. The minimum atomic E-state index is 0. The fraction of sp³-hybridized carbons (Fsp3) is 0.923. The minimum Gasteiger partial charge on any atom is -0.340 e. The molecular formula is C13H27Cl2N3O. The first kappa shape index (κ1) is 19.0. The Morgan fingerprint density at radius 2 is 1.58 bits per heavy atom. The Labute approximate surface area is 128 Å². The summed E-state index contributed by atoms with van der Waals surface area (Å²) in [6.07, 6.45) is 6.02. The molecule has 0 spiro atoms. The van der Waals surface area contributed by atoms with Crippen molar-refractivity contribution in [2.75, 3.05) is 39.3 Å². The van der Waals surface area contributed by atoms with E-state index in [1.165, 1.54) is 19.3 Å². The van der Waals surface area contributed by atoms with Gasteiger partial charge in [0.05, 0.1) is 0 Å². The topological polar surface area (TPSA) is 49.6 Å². The van der Waals surface area contributed by atoms with Crippen molar-refractivity contribution in [3.8, 4) is 0 Å². The van der Waals surface area contributed by atoms with Crippen molar-refractivity contribution >= 4 is 30.7 Å². The molecule has 1 amide bonds. The molecule has 0 bridgehead atoms. The first-order valence-electron chi connectivity index (χ1n) is 7.02. The van der Waals surface area contributed by atoms with Crippen LogP contribution in [0.1, 0.15) is 32.1 Å². The Kier molecular flexibility index (Phi) is 9.79. The molecule has 2 rings (SSSR count). The highest BCUT2D eigenvalue weighted by Crippen LogP contribution is 2.25. The number of nitrogens with zero attached hydrogens (tertiary/aromatic N) is 2. The van der Waals surface area contributed by atoms with Gasteiger partial charge in [-0.1, -0.05) is 19.3 Å². The van der Waals surface area contributed by atoms with E-state index in [2.05, 4.69) is 9.80 Å². The molecule has 0 aromatic rings. The van der Waals surface area contributed by atoms with E-state index in [1.54, 1.807) is 0 Å². The van der Waals surface area contributed by atoms with E-state index >= 15 is 0 Å². The maximum atomic E-state index is 12.3. The lowest BCUT2D eigenvalue weighted by Crippen LogP contribution is -2.51. The predicted octanol–water partition coefficient (Wildman–Crippen LogP) is 1.51. The van der Waals surface area contributed by atoms with Crippen molar-refractivity contribution in [3.63, 3.8) is 0 Å². The second-order valence-electron chi connectivity index (χ2n) is 5.29. The molecule has 114 valence electrons. The van der Waals surface area contributed by atoms with E-state index in [9.17, 15) is 4.79 Å². The van der Waals surface area contributed by atoms with Crippen LogP contribution < -0.4 is 5.73 Å². The van der Waals surface area contributed by atoms with Crippen molar-refractivity contribution in [2.45, 2.75) is 32.1 Å². The molecule has 0 unspecified atom stereocenters. The predicted molar refractivity (Wildman–Crippen MR) is 83.1 cm³/mol. The van der Waals surface area contributed by atoms with Crippen molar-refractivity contribution in [3.05, 3.63) is 0 Å². The third-order valence-electron chi connectivity index (χ3n) is 4.08. The molecule has 2 aliphatic rings. The summed E-state index contributed by atoms with van der Waals surface area (Å²) in [7, 11) is 0. The number of hydrogen-bond acceptors (Lipinski definition) is 3. The number of nitrogens with two attached hydrogens (primary N) is 1. The van der Waals surface area contributed by atoms with Crippen LogP contribution in [0.4, 0.5) is 0 Å². The largest absolute Gasteiger partial charge is 0.340 e. The summed E-state index contributed by atoms with van der Waals surface area (Å²) in [4.78, 5) is 16.7. The van der Waals surface area contributed by atoms with E-state index in [-0.39, 0.29) is 24.8 Å². The molecule has 0 aromatic carbocycles. The van der Waals surface area contributed by atoms with E-state index < -0.39 is 0 Å². The van der Waals surface area contributed by atoms with Gasteiger partial charge in [0.1, 0.15) is 0 Å². The molecule has 1 aliphatic carbocycles. The van der Waals surface area contributed by atoms with Crippen LogP contribution >= 0.6 is 24.8 Å². The smallest absolute Gasteiger partial charge is 0.225 e. The summed E-state index contributed by atoms with van der Waals surface area (Å²) in [5.41, 5.74) is 5.55. The quantitative estimate of drug-likeness (QED) is 0.859. The summed E-state index contributed by atoms with van der Waals surface area (Å²) >= 11 is 0. The lowest BCUT2D eigenvalue weighted by atomic mass is 9.88. The van der Waals surface area contributed by atoms with Gasteiger partial charge in [0.25, 0.3) is 0 Å². The molecule has 0 aromatic heterocycles. The molecule has 4 nitrogen and oxygen atoms in total. The number of piperazine rings is 1. The highest BCUT2D eigenvalue weighted by Gasteiger charge is 2.27. The van der Waals surface area contributed by atoms with Crippen molar-refractivity contribution in [2.24, 2.45) is 11.7 Å². The molecule has 19 heavy (non-hydrogen) atoms. The van der Waals surface area contributed by atoms with Crippen molar-refractivity contribution in [1.82, 2.24) is 9.80 Å². The van der Waals surface area contributed by atoms with Gasteiger partial charge >= 0.3 is 0 Å². The zero-order valence-corrected chi connectivity index (χ0v) is 13.2. The number of amides is 1. The summed E-state index contributed by atoms with van der Waals surface area (Å²) in [6, 6.07) is 0. The van der Waals surface area contributed by atoms with Crippen LogP contribution in [0, 0.1) is 5.92 Å². The van der Waals surface area contributed by atoms with E-state index in [0.29, 0.717) is 11.8 Å². The zero-order valence-electron chi connectivity index (χ0n) is 11.6. The molecular weight excluding hydrogens is 285 g/mol. The maximum absolute atomic E-state index is 12.3. The second-order valence-corrected chi connectivity index (χ2v) is 5.29. The molecule has 2 N–H and O–H groups in total. The molecule has 0 radical (unpaired) electrons. The lowest BCUT2D eigenvalue weighted by Gasteiger charge is -2.37. The second kappa shape index (κ2) is 9.81. The molecule has 0 atom stereocenters. The van der Waals surface area contributed by atoms with Gasteiger partial charge in [0, 0.05) is 45.2 Å². The normalized spacial score (nSPS) is 21.4. The van der Waals surface area contributed by atoms with Crippen molar-refractivity contribution < 1.29 is 4.79 Å². The molecule has 1 aliphatic heterocycles. The number of rotatable bonds is 3. The Hall–Kier alpha value is -0.0300. The first-order chi connectivity index (χ1) is 8.31. The minimum absolute atomic E-state index is 0. The van der Waals surface area contributed by atoms with Crippen LogP contribution in [0.5, 0.6) is 0 Å². The standard InChI is InChI=1S/C13H25N3O.2ClH/c14-6-7-15-8-10-16(11-9-15)13(17)12-4-2-1-3-5-12;;/h12H,1-11,14H2;2*1H. The van der Waals surface area contributed by atoms with Crippen LogP contribution in [0.3, 0.4) is 0 Å². The third-order valence-corrected chi connectivity index (χ3v) is 4.08. The van der Waals surface area contributed by atoms with Crippen LogP contribution in [0.25, 0.3) is 0 Å². The van der Waals surface area contributed by atoms with Crippen molar-refractivity contribution in [1.29, 1.82) is 0 Å². The fourth-order valence-corrected chi connectivity index (χ4v) is 2.98. The summed E-state index contributed by atoms with van der Waals surface area (Å²) < 4.78 is 0. The highest BCUT2D eigenvalue weighted by atomic mass is 35.5. The Morgan fingerprint density at radius 3 is 2.11 bits per heavy atom. The van der Waals surface area contributed by atoms with Crippen LogP contribution in [0.15, 0.2) is 0 Å². The Morgan fingerprint density at radius 1 is 1.00 bits per heavy atom. The average Bonchev–Trinajstić information content (AvgIpc) is 2.40. The Bertz CT molecular complexity index is 252. The summed E-state index contributed by atoms with van der Waals surface area (Å²) in [5, 5.41) is 0. The van der Waals surface area contributed by atoms with Crippen LogP contribution in [-0.2, 0) is 4.79 Å². The van der Waals surface area contributed by atoms with Crippen LogP contribution in [-0.4, -0.2) is 55.0 Å². The Balaban J connectivity index is 0.00000162. The molecule has 2 fully saturated rings. The third kappa shape index (κ3) is 5.46. The van der Waals surface area contributed by atoms with E-state index in [4.69, 9.17) is 5.73 Å². The lowest BCUT2D eigenvalue weighted by molar-refractivity contribution is -0.138. The van der Waals surface area contributed by atoms with Gasteiger partial charge in [-0.05, 0) is 12.8 Å². The van der Waals surface area contributed by atoms with Gasteiger partial charge in [-0.2, -0.15) is 0 Å². The average molecular weight is 312 g/mol. The number of halogens is 2. The van der Waals surface area contributed by atoms with Gasteiger partial charge in [0.2, 0.25) is 5.91 Å². The van der Waals surface area contributed by atoms with Gasteiger partial charge in [-0.15, -0.1) is 24.8 Å². The van der Waals surface area contributed by atoms with Crippen LogP contribution in [0.2, 0.25) is 0 Å². The fourth-order valence-electron chi connectivity index (χ4n) is 2.98.